The molecule has 10 heteroatoms. The van der Waals surface area contributed by atoms with E-state index in [2.05, 4.69) is 33.1 Å². The molecule has 0 saturated carbocycles. The molecular weight excluding hydrogens is 591 g/mol. The maximum Gasteiger partial charge on any atom is 0.356 e. The Balaban J connectivity index is 2.39. The van der Waals surface area contributed by atoms with Crippen molar-refractivity contribution in [1.82, 2.24) is 4.90 Å². The highest BCUT2D eigenvalue weighted by atomic mass is 31.2. The summed E-state index contributed by atoms with van der Waals surface area (Å²) in [7, 11) is -4.54. The van der Waals surface area contributed by atoms with Gasteiger partial charge in [-0.15, -0.1) is 0 Å². The molecule has 0 amide bonds. The van der Waals surface area contributed by atoms with E-state index in [0.29, 0.717) is 12.1 Å². The van der Waals surface area contributed by atoms with Crippen LogP contribution in [0, 0.1) is 10.8 Å². The first-order valence-corrected chi connectivity index (χ1v) is 16.2. The van der Waals surface area contributed by atoms with Crippen molar-refractivity contribution in [2.45, 2.75) is 54.4 Å². The number of hydrogen-bond acceptors (Lipinski definition) is 4. The average Bonchev–Trinajstić information content (AvgIpc) is 3.31. The number of carboxylic acid groups (broad SMARTS) is 2. The minimum atomic E-state index is -4.54. The summed E-state index contributed by atoms with van der Waals surface area (Å²) in [6.07, 6.45) is 21.5. The van der Waals surface area contributed by atoms with Gasteiger partial charge in [0, 0.05) is 35.5 Å². The van der Waals surface area contributed by atoms with Gasteiger partial charge in [0.25, 0.3) is 0 Å². The van der Waals surface area contributed by atoms with E-state index in [1.165, 1.54) is 6.08 Å². The van der Waals surface area contributed by atoms with Crippen LogP contribution in [0.2, 0.25) is 0 Å². The van der Waals surface area contributed by atoms with Crippen LogP contribution >= 0.6 is 7.60 Å². The molecule has 0 aromatic carbocycles. The lowest BCUT2D eigenvalue weighted by atomic mass is 9.80. The van der Waals surface area contributed by atoms with Crippen LogP contribution < -0.4 is 0 Å². The molecule has 0 spiro atoms. The second-order valence-electron chi connectivity index (χ2n) is 12.1. The van der Waals surface area contributed by atoms with Crippen molar-refractivity contribution >= 4 is 25.2 Å². The monoisotopic (exact) mass is 637 g/mol. The minimum Gasteiger partial charge on any atom is -0.481 e. The van der Waals surface area contributed by atoms with Gasteiger partial charge in [0.1, 0.15) is 6.42 Å². The van der Waals surface area contributed by atoms with Crippen molar-refractivity contribution in [3.63, 3.8) is 0 Å². The molecule has 2 heterocycles. The highest BCUT2D eigenvalue weighted by molar-refractivity contribution is 7.56. The second-order valence-corrected chi connectivity index (χ2v) is 13.7. The van der Waals surface area contributed by atoms with Gasteiger partial charge >= 0.3 is 19.5 Å². The topological polar surface area (TPSA) is 138 Å². The predicted molar refractivity (Wildman–Crippen MR) is 179 cm³/mol. The van der Waals surface area contributed by atoms with Crippen molar-refractivity contribution in [3.05, 3.63) is 120 Å². The van der Waals surface area contributed by atoms with Crippen LogP contribution in [-0.2, 0) is 14.2 Å². The zero-order valence-electron chi connectivity index (χ0n) is 27.0. The van der Waals surface area contributed by atoms with E-state index in [1.54, 1.807) is 17.2 Å². The Morgan fingerprint density at radius 2 is 1.58 bits per heavy atom. The third-order valence-electron chi connectivity index (χ3n) is 7.85. The number of carbonyl (C=O) groups is 2. The number of hydrogen-bond donors (Lipinski definition) is 4. The normalized spacial score (nSPS) is 20.0. The molecule has 4 N–H and O–H groups in total. The van der Waals surface area contributed by atoms with Gasteiger partial charge in [-0.25, -0.2) is 4.58 Å². The van der Waals surface area contributed by atoms with E-state index < -0.39 is 24.9 Å². The molecule has 242 valence electrons. The number of allylic oxidation sites excluding steroid dienone is 15. The molecule has 0 aliphatic carbocycles. The fraction of sp³-hybridized carbons (Fsp3) is 0.343. The Morgan fingerprint density at radius 3 is 2.13 bits per heavy atom. The Kier molecular flexibility index (Phi) is 12.6. The van der Waals surface area contributed by atoms with Gasteiger partial charge < -0.3 is 24.9 Å². The standard InChI is InChI=1S/C35H45N2O7P/c1-9-25(3)21-27-23-36(19-17-32(38)39)30(34(27,5)6)15-11-13-26(4)14-12-16-31-35(7,8)28(22-29(10-2)45(42,43)44)24-37(31)20-18-33(40)41/h9-16,21-24H,1-2,17-20H2,3-8H3,(H3-,38,39,40,41,42,43,44)/p+1/b25-21-,29-22+. The molecule has 0 radical (unpaired) electrons. The number of carboxylic acids is 2. The van der Waals surface area contributed by atoms with Gasteiger partial charge in [-0.1, -0.05) is 74.6 Å². The minimum absolute atomic E-state index is 0.00797. The van der Waals surface area contributed by atoms with Crippen LogP contribution in [0.4, 0.5) is 0 Å². The van der Waals surface area contributed by atoms with Gasteiger partial charge in [0.15, 0.2) is 18.5 Å². The molecule has 0 atom stereocenters. The Morgan fingerprint density at radius 1 is 0.933 bits per heavy atom. The summed E-state index contributed by atoms with van der Waals surface area (Å²) in [5.74, 6) is -1.81. The van der Waals surface area contributed by atoms with Crippen molar-refractivity contribution in [1.29, 1.82) is 0 Å². The highest BCUT2D eigenvalue weighted by Crippen LogP contribution is 2.50. The van der Waals surface area contributed by atoms with Crippen molar-refractivity contribution < 1.29 is 38.7 Å². The molecule has 9 nitrogen and oxygen atoms in total. The van der Waals surface area contributed by atoms with Crippen LogP contribution in [0.15, 0.2) is 120 Å². The molecule has 2 aliphatic heterocycles. The molecule has 0 bridgehead atoms. The van der Waals surface area contributed by atoms with Crippen molar-refractivity contribution in [2.24, 2.45) is 10.8 Å². The van der Waals surface area contributed by atoms with Crippen LogP contribution in [0.3, 0.4) is 0 Å². The number of aliphatic carboxylic acids is 2. The SMILES string of the molecule is C=C/C(C)=C\C1=C[N+](CCC(=O)O)=C(/C=C/C=C(C)/C=C/C=C2/N(CCC(=O)O)C=C(/C=C(\C=C)P(=O)(O)O)C2(C)C)C1(C)C. The second kappa shape index (κ2) is 15.3. The molecule has 0 unspecified atom stereocenters. The summed E-state index contributed by atoms with van der Waals surface area (Å²) < 4.78 is 13.9. The van der Waals surface area contributed by atoms with Crippen molar-refractivity contribution in [3.8, 4) is 0 Å². The summed E-state index contributed by atoms with van der Waals surface area (Å²) in [6, 6.07) is 0. The maximum atomic E-state index is 11.9. The number of nitrogens with zero attached hydrogens (tertiary/aromatic N) is 2. The van der Waals surface area contributed by atoms with E-state index in [0.717, 1.165) is 34.2 Å². The van der Waals surface area contributed by atoms with Crippen LogP contribution in [-0.4, -0.2) is 60.2 Å². The van der Waals surface area contributed by atoms with Gasteiger partial charge in [0.2, 0.25) is 0 Å². The maximum absolute atomic E-state index is 11.9. The third-order valence-corrected chi connectivity index (χ3v) is 8.83. The third kappa shape index (κ3) is 9.98. The fourth-order valence-electron chi connectivity index (χ4n) is 5.02. The number of rotatable bonds is 15. The fourth-order valence-corrected chi connectivity index (χ4v) is 5.57. The van der Waals surface area contributed by atoms with E-state index in [4.69, 9.17) is 0 Å². The molecule has 0 aromatic rings. The molecule has 45 heavy (non-hydrogen) atoms. The Bertz CT molecular complexity index is 1550. The van der Waals surface area contributed by atoms with Crippen LogP contribution in [0.5, 0.6) is 0 Å². The summed E-state index contributed by atoms with van der Waals surface area (Å²) in [4.78, 5) is 43.8. The molecule has 0 saturated heterocycles. The lowest BCUT2D eigenvalue weighted by Gasteiger charge is -2.27. The zero-order chi connectivity index (χ0) is 34.2. The van der Waals surface area contributed by atoms with Gasteiger partial charge in [-0.3, -0.25) is 14.2 Å². The van der Waals surface area contributed by atoms with E-state index in [9.17, 15) is 34.2 Å². The quantitative estimate of drug-likeness (QED) is 0.0868. The lowest BCUT2D eigenvalue weighted by molar-refractivity contribution is -0.453. The summed E-state index contributed by atoms with van der Waals surface area (Å²) in [6.45, 7) is 19.8. The smallest absolute Gasteiger partial charge is 0.356 e. The zero-order valence-corrected chi connectivity index (χ0v) is 27.9. The highest BCUT2D eigenvalue weighted by Gasteiger charge is 2.40. The first-order valence-electron chi connectivity index (χ1n) is 14.6. The van der Waals surface area contributed by atoms with E-state index in [-0.39, 0.29) is 30.1 Å². The Labute approximate surface area is 266 Å². The predicted octanol–water partition coefficient (Wildman–Crippen LogP) is 6.86. The lowest BCUT2D eigenvalue weighted by Crippen LogP contribution is -2.26. The Hall–Kier alpha value is -4.04. The van der Waals surface area contributed by atoms with Crippen LogP contribution in [0.25, 0.3) is 0 Å². The molecular formula is C35H46N2O7P+. The van der Waals surface area contributed by atoms with Gasteiger partial charge in [-0.05, 0) is 51.5 Å². The first kappa shape index (κ1) is 37.1. The van der Waals surface area contributed by atoms with Gasteiger partial charge in [-0.2, -0.15) is 0 Å². The summed E-state index contributed by atoms with van der Waals surface area (Å²) >= 11 is 0. The van der Waals surface area contributed by atoms with E-state index in [1.807, 2.05) is 74.9 Å². The van der Waals surface area contributed by atoms with E-state index >= 15 is 0 Å². The molecule has 2 aliphatic rings. The first-order chi connectivity index (χ1) is 20.8. The molecule has 0 fully saturated rings. The van der Waals surface area contributed by atoms with Crippen LogP contribution in [0.1, 0.15) is 54.4 Å². The van der Waals surface area contributed by atoms with Gasteiger partial charge in [0.05, 0.1) is 17.2 Å². The molecule has 0 aromatic heterocycles. The average molecular weight is 638 g/mol. The summed E-state index contributed by atoms with van der Waals surface area (Å²) in [5.41, 5.74) is 4.37. The summed E-state index contributed by atoms with van der Waals surface area (Å²) in [5, 5.41) is 18.3. The van der Waals surface area contributed by atoms with Crippen molar-refractivity contribution in [2.75, 3.05) is 13.1 Å². The molecule has 2 rings (SSSR count). The largest absolute Gasteiger partial charge is 0.481 e.